The van der Waals surface area contributed by atoms with E-state index in [4.69, 9.17) is 21.1 Å². The Bertz CT molecular complexity index is 773. The van der Waals surface area contributed by atoms with Crippen LogP contribution in [0.15, 0.2) is 36.4 Å². The molecule has 1 N–H and O–H groups in total. The third kappa shape index (κ3) is 3.74. The van der Waals surface area contributed by atoms with Crippen molar-refractivity contribution in [2.45, 2.75) is 38.8 Å². The fourth-order valence-corrected chi connectivity index (χ4v) is 3.10. The molecule has 0 spiro atoms. The van der Waals surface area contributed by atoms with Crippen LogP contribution in [0.3, 0.4) is 0 Å². The number of fused-ring (bicyclic) bond motifs is 1. The molecule has 0 bridgehead atoms. The molecular formula is C20H22ClNO3. The molecule has 132 valence electrons. The number of rotatable bonds is 5. The number of amides is 1. The quantitative estimate of drug-likeness (QED) is 0.866. The summed E-state index contributed by atoms with van der Waals surface area (Å²) in [5, 5.41) is 3.73. The number of carbonyl (C=O) groups is 1. The summed E-state index contributed by atoms with van der Waals surface area (Å²) >= 11 is 5.99. The molecule has 0 fully saturated rings. The van der Waals surface area contributed by atoms with E-state index in [1.807, 2.05) is 43.3 Å². The van der Waals surface area contributed by atoms with Gasteiger partial charge in [0.05, 0.1) is 25.7 Å². The van der Waals surface area contributed by atoms with Crippen molar-refractivity contribution in [1.29, 1.82) is 0 Å². The Balaban J connectivity index is 2.06. The molecular weight excluding hydrogens is 338 g/mol. The van der Waals surface area contributed by atoms with Gasteiger partial charge >= 0.3 is 0 Å². The minimum Gasteiger partial charge on any atom is -0.493 e. The molecule has 0 aromatic heterocycles. The van der Waals surface area contributed by atoms with E-state index in [1.165, 1.54) is 0 Å². The van der Waals surface area contributed by atoms with Gasteiger partial charge in [0.25, 0.3) is 0 Å². The van der Waals surface area contributed by atoms with Crippen LogP contribution < -0.4 is 14.8 Å². The number of carbonyl (C=O) groups excluding carboxylic acids is 1. The van der Waals surface area contributed by atoms with Gasteiger partial charge in [0.15, 0.2) is 11.5 Å². The third-order valence-electron chi connectivity index (χ3n) is 4.50. The highest BCUT2D eigenvalue weighted by atomic mass is 35.5. The predicted molar refractivity (Wildman–Crippen MR) is 98.5 cm³/mol. The number of halogens is 1. The molecule has 1 aliphatic heterocycles. The second-order valence-electron chi connectivity index (χ2n) is 6.27. The summed E-state index contributed by atoms with van der Waals surface area (Å²) in [7, 11) is 1.62. The molecule has 1 unspecified atom stereocenters. The lowest BCUT2D eigenvalue weighted by Gasteiger charge is -2.29. The maximum absolute atomic E-state index is 12.2. The molecule has 1 heterocycles. The first kappa shape index (κ1) is 17.6. The van der Waals surface area contributed by atoms with Crippen LogP contribution in [0.25, 0.3) is 0 Å². The van der Waals surface area contributed by atoms with Gasteiger partial charge in [0, 0.05) is 5.02 Å². The van der Waals surface area contributed by atoms with Crippen molar-refractivity contribution in [1.82, 2.24) is 5.32 Å². The fraction of sp³-hybridized carbons (Fsp3) is 0.350. The topological polar surface area (TPSA) is 47.6 Å². The van der Waals surface area contributed by atoms with E-state index in [-0.39, 0.29) is 18.1 Å². The maximum atomic E-state index is 12.2. The highest BCUT2D eigenvalue weighted by Crippen LogP contribution is 2.38. The van der Waals surface area contributed by atoms with Crippen LogP contribution in [0, 0.1) is 0 Å². The Morgan fingerprint density at radius 3 is 2.60 bits per heavy atom. The van der Waals surface area contributed by atoms with E-state index < -0.39 is 0 Å². The van der Waals surface area contributed by atoms with Gasteiger partial charge in [-0.3, -0.25) is 4.79 Å². The normalized spacial score (nSPS) is 17.4. The molecule has 25 heavy (non-hydrogen) atoms. The van der Waals surface area contributed by atoms with E-state index in [9.17, 15) is 4.79 Å². The molecule has 2 atom stereocenters. The zero-order valence-electron chi connectivity index (χ0n) is 14.6. The molecule has 2 aromatic rings. The van der Waals surface area contributed by atoms with E-state index >= 15 is 0 Å². The zero-order chi connectivity index (χ0) is 18.0. The standard InChI is InChI=1S/C20H22ClNO3/c1-4-12(2)25-18-11-16-14(9-17(18)24-3)10-19(23)22-20(16)13-5-7-15(21)8-6-13/h5-9,11-12,20H,4,10H2,1-3H3,(H,22,23)/t12-,20?/m1/s1. The van der Waals surface area contributed by atoms with Gasteiger partial charge in [-0.25, -0.2) is 0 Å². The summed E-state index contributed by atoms with van der Waals surface area (Å²) in [6.07, 6.45) is 1.32. The molecule has 0 aliphatic carbocycles. The fourth-order valence-electron chi connectivity index (χ4n) is 2.97. The molecule has 0 saturated heterocycles. The smallest absolute Gasteiger partial charge is 0.225 e. The number of ether oxygens (including phenoxy) is 2. The highest BCUT2D eigenvalue weighted by Gasteiger charge is 2.28. The summed E-state index contributed by atoms with van der Waals surface area (Å²) in [4.78, 5) is 12.2. The molecule has 5 heteroatoms. The van der Waals surface area contributed by atoms with E-state index in [0.29, 0.717) is 22.9 Å². The van der Waals surface area contributed by atoms with E-state index in [0.717, 1.165) is 23.1 Å². The Kier molecular flexibility index (Phi) is 5.19. The summed E-state index contributed by atoms with van der Waals surface area (Å²) in [5.41, 5.74) is 2.97. The lowest BCUT2D eigenvalue weighted by molar-refractivity contribution is -0.121. The maximum Gasteiger partial charge on any atom is 0.225 e. The van der Waals surface area contributed by atoms with Crippen molar-refractivity contribution in [3.8, 4) is 11.5 Å². The van der Waals surface area contributed by atoms with Crippen molar-refractivity contribution in [2.24, 2.45) is 0 Å². The first-order chi connectivity index (χ1) is 12.0. The Morgan fingerprint density at radius 1 is 1.24 bits per heavy atom. The third-order valence-corrected chi connectivity index (χ3v) is 4.75. The number of hydrogen-bond acceptors (Lipinski definition) is 3. The number of benzene rings is 2. The molecule has 0 saturated carbocycles. The molecule has 1 aliphatic rings. The van der Waals surface area contributed by atoms with Crippen molar-refractivity contribution in [2.75, 3.05) is 7.11 Å². The van der Waals surface area contributed by atoms with Gasteiger partial charge in [-0.1, -0.05) is 30.7 Å². The molecule has 3 rings (SSSR count). The first-order valence-electron chi connectivity index (χ1n) is 8.44. The lowest BCUT2D eigenvalue weighted by Crippen LogP contribution is -2.36. The van der Waals surface area contributed by atoms with Crippen LogP contribution in [-0.4, -0.2) is 19.1 Å². The van der Waals surface area contributed by atoms with Gasteiger partial charge in [0.2, 0.25) is 5.91 Å². The summed E-state index contributed by atoms with van der Waals surface area (Å²) in [6.45, 7) is 4.10. The van der Waals surface area contributed by atoms with Crippen LogP contribution in [0.4, 0.5) is 0 Å². The number of hydrogen-bond donors (Lipinski definition) is 1. The second-order valence-corrected chi connectivity index (χ2v) is 6.70. The van der Waals surface area contributed by atoms with Gasteiger partial charge < -0.3 is 14.8 Å². The Hall–Kier alpha value is -2.20. The predicted octanol–water partition coefficient (Wildman–Crippen LogP) is 4.29. The molecule has 0 radical (unpaired) electrons. The lowest BCUT2D eigenvalue weighted by atomic mass is 9.89. The first-order valence-corrected chi connectivity index (χ1v) is 8.82. The van der Waals surface area contributed by atoms with Crippen molar-refractivity contribution in [3.63, 3.8) is 0 Å². The summed E-state index contributed by atoms with van der Waals surface area (Å²) < 4.78 is 11.5. The van der Waals surface area contributed by atoms with Crippen LogP contribution in [0.5, 0.6) is 11.5 Å². The van der Waals surface area contributed by atoms with Crippen LogP contribution >= 0.6 is 11.6 Å². The van der Waals surface area contributed by atoms with Gasteiger partial charge in [-0.2, -0.15) is 0 Å². The molecule has 1 amide bonds. The van der Waals surface area contributed by atoms with Gasteiger partial charge in [-0.05, 0) is 54.3 Å². The van der Waals surface area contributed by atoms with Crippen LogP contribution in [0.1, 0.15) is 43.0 Å². The Morgan fingerprint density at radius 2 is 1.96 bits per heavy atom. The van der Waals surface area contributed by atoms with Crippen LogP contribution in [0.2, 0.25) is 5.02 Å². The summed E-state index contributed by atoms with van der Waals surface area (Å²) in [5.74, 6) is 1.35. The second kappa shape index (κ2) is 7.36. The number of methoxy groups -OCH3 is 1. The average molecular weight is 360 g/mol. The summed E-state index contributed by atoms with van der Waals surface area (Å²) in [6, 6.07) is 11.2. The highest BCUT2D eigenvalue weighted by molar-refractivity contribution is 6.30. The molecule has 4 nitrogen and oxygen atoms in total. The largest absolute Gasteiger partial charge is 0.493 e. The monoisotopic (exact) mass is 359 g/mol. The zero-order valence-corrected chi connectivity index (χ0v) is 15.4. The number of nitrogens with one attached hydrogen (secondary N) is 1. The Labute approximate surface area is 153 Å². The van der Waals surface area contributed by atoms with Crippen molar-refractivity contribution < 1.29 is 14.3 Å². The van der Waals surface area contributed by atoms with Crippen LogP contribution in [-0.2, 0) is 11.2 Å². The average Bonchev–Trinajstić information content (AvgIpc) is 2.61. The minimum atomic E-state index is -0.223. The van der Waals surface area contributed by atoms with E-state index in [2.05, 4.69) is 12.2 Å². The van der Waals surface area contributed by atoms with Gasteiger partial charge in [0.1, 0.15) is 0 Å². The molecule has 2 aromatic carbocycles. The van der Waals surface area contributed by atoms with Gasteiger partial charge in [-0.15, -0.1) is 0 Å². The minimum absolute atomic E-state index is 0.00917. The van der Waals surface area contributed by atoms with E-state index in [1.54, 1.807) is 7.11 Å². The van der Waals surface area contributed by atoms with Crippen molar-refractivity contribution in [3.05, 3.63) is 58.1 Å². The SMILES string of the molecule is CC[C@@H](C)Oc1cc2c(cc1OC)CC(=O)NC2c1ccc(Cl)cc1. The van der Waals surface area contributed by atoms with Crippen molar-refractivity contribution >= 4 is 17.5 Å².